The molecule has 4 rings (SSSR count). The molecule has 11 nitrogen and oxygen atoms in total. The van der Waals surface area contributed by atoms with Gasteiger partial charge in [-0.25, -0.2) is 9.55 Å². The highest BCUT2D eigenvalue weighted by Crippen LogP contribution is 2.61. The van der Waals surface area contributed by atoms with Crippen molar-refractivity contribution < 1.29 is 27.6 Å². The van der Waals surface area contributed by atoms with E-state index in [1.54, 1.807) is 24.7 Å². The number of aromatic nitrogens is 4. The van der Waals surface area contributed by atoms with Crippen LogP contribution >= 0.6 is 7.82 Å². The summed E-state index contributed by atoms with van der Waals surface area (Å²) in [5.41, 5.74) is 5.97. The van der Waals surface area contributed by atoms with Gasteiger partial charge in [-0.2, -0.15) is 9.97 Å². The zero-order valence-corrected chi connectivity index (χ0v) is 17.1. The van der Waals surface area contributed by atoms with Crippen LogP contribution in [-0.2, 0) is 22.9 Å². The van der Waals surface area contributed by atoms with Gasteiger partial charge >= 0.3 is 7.82 Å². The fraction of sp³-hybridized carbons (Fsp3) is 0.688. The van der Waals surface area contributed by atoms with E-state index >= 15 is 0 Å². The number of anilines is 1. The number of nitrogens with zero attached hydrogens (tertiary/aromatic N) is 4. The molecular formula is C16H24N5O6P. The van der Waals surface area contributed by atoms with Gasteiger partial charge in [-0.3, -0.25) is 18.1 Å². The first-order valence-corrected chi connectivity index (χ1v) is 10.6. The molecule has 2 fully saturated rings. The van der Waals surface area contributed by atoms with Crippen molar-refractivity contribution in [1.29, 1.82) is 0 Å². The third kappa shape index (κ3) is 3.37. The molecule has 4 atom stereocenters. The van der Waals surface area contributed by atoms with Gasteiger partial charge in [0.05, 0.1) is 25.6 Å². The summed E-state index contributed by atoms with van der Waals surface area (Å²) in [4.78, 5) is 12.7. The maximum absolute atomic E-state index is 12.8. The maximum atomic E-state index is 12.8. The van der Waals surface area contributed by atoms with Gasteiger partial charge in [0, 0.05) is 6.42 Å². The molecule has 0 amide bonds. The summed E-state index contributed by atoms with van der Waals surface area (Å²) < 4.78 is 42.7. The van der Waals surface area contributed by atoms with Crippen LogP contribution in [-0.4, -0.2) is 50.5 Å². The number of ether oxygens (including phenoxy) is 2. The van der Waals surface area contributed by atoms with Crippen LogP contribution in [0.3, 0.4) is 0 Å². The fourth-order valence-corrected chi connectivity index (χ4v) is 5.13. The number of hydrogen-bond donors (Lipinski definition) is 1. The van der Waals surface area contributed by atoms with Crippen molar-refractivity contribution in [1.82, 2.24) is 19.5 Å². The fourth-order valence-electron chi connectivity index (χ4n) is 3.44. The summed E-state index contributed by atoms with van der Waals surface area (Å²) in [5, 5.41) is 0. The summed E-state index contributed by atoms with van der Waals surface area (Å²) in [6, 6.07) is 0. The largest absolute Gasteiger partial charge is 0.476 e. The second kappa shape index (κ2) is 6.93. The number of phosphoric acid groups is 1. The van der Waals surface area contributed by atoms with E-state index in [0.29, 0.717) is 30.1 Å². The lowest BCUT2D eigenvalue weighted by molar-refractivity contribution is -0.108. The van der Waals surface area contributed by atoms with Gasteiger partial charge in [0.15, 0.2) is 11.2 Å². The van der Waals surface area contributed by atoms with Crippen LogP contribution in [0, 0.1) is 0 Å². The third-order valence-electron chi connectivity index (χ3n) is 4.62. The number of rotatable bonds is 5. The first kappa shape index (κ1) is 19.5. The molecule has 2 saturated heterocycles. The molecule has 28 heavy (non-hydrogen) atoms. The van der Waals surface area contributed by atoms with Gasteiger partial charge in [0.25, 0.3) is 0 Å². The van der Waals surface area contributed by atoms with E-state index < -0.39 is 25.8 Å². The Morgan fingerprint density at radius 1 is 1.46 bits per heavy atom. The van der Waals surface area contributed by atoms with Crippen LogP contribution < -0.4 is 10.5 Å². The van der Waals surface area contributed by atoms with E-state index in [0.717, 1.165) is 0 Å². The Bertz CT molecular complexity index is 936. The normalized spacial score (nSPS) is 32.8. The number of phosphoric ester groups is 1. The average Bonchev–Trinajstić information content (AvgIpc) is 3.13. The second-order valence-corrected chi connectivity index (χ2v) is 8.77. The monoisotopic (exact) mass is 413 g/mol. The molecule has 2 aromatic heterocycles. The summed E-state index contributed by atoms with van der Waals surface area (Å²) in [7, 11) is -3.65. The van der Waals surface area contributed by atoms with Crippen molar-refractivity contribution in [3.8, 4) is 5.88 Å². The molecule has 12 heteroatoms. The average molecular weight is 413 g/mol. The first-order valence-electron chi connectivity index (χ1n) is 9.15. The van der Waals surface area contributed by atoms with Crippen molar-refractivity contribution >= 4 is 24.9 Å². The number of imidazole rings is 1. The van der Waals surface area contributed by atoms with E-state index in [-0.39, 0.29) is 18.7 Å². The van der Waals surface area contributed by atoms with Gasteiger partial charge in [0.2, 0.25) is 11.8 Å². The molecule has 2 N–H and O–H groups in total. The lowest BCUT2D eigenvalue weighted by atomic mass is 9.98. The summed E-state index contributed by atoms with van der Waals surface area (Å²) in [6.45, 7) is 7.75. The number of fused-ring (bicyclic) bond motifs is 2. The van der Waals surface area contributed by atoms with Crippen molar-refractivity contribution in [2.24, 2.45) is 0 Å². The predicted molar refractivity (Wildman–Crippen MR) is 98.7 cm³/mol. The minimum atomic E-state index is -3.65. The summed E-state index contributed by atoms with van der Waals surface area (Å²) in [5.74, 6) is 0.397. The van der Waals surface area contributed by atoms with Gasteiger partial charge in [-0.1, -0.05) is 0 Å². The standard InChI is InChI=1S/C16H24N5O6P/c1-5-23-14-12-13(19-15(17)20-14)21(8-18-12)11-6-16(4)10(25-11)7-24-28(22,27-16)26-9(2)3/h8-11H,5-7H2,1-4H3,(H2,17,19,20)/t10-,11-,16+,28?/m1/s1. The Kier molecular flexibility index (Phi) is 4.83. The Morgan fingerprint density at radius 3 is 2.96 bits per heavy atom. The van der Waals surface area contributed by atoms with Crippen LogP contribution in [0.4, 0.5) is 5.95 Å². The van der Waals surface area contributed by atoms with E-state index in [1.165, 1.54) is 0 Å². The lowest BCUT2D eigenvalue weighted by Crippen LogP contribution is -2.44. The van der Waals surface area contributed by atoms with E-state index in [9.17, 15) is 4.57 Å². The van der Waals surface area contributed by atoms with Crippen molar-refractivity contribution in [3.63, 3.8) is 0 Å². The molecule has 0 aliphatic carbocycles. The summed E-state index contributed by atoms with van der Waals surface area (Å²) >= 11 is 0. The van der Waals surface area contributed by atoms with Gasteiger partial charge in [0.1, 0.15) is 17.9 Å². The first-order chi connectivity index (χ1) is 13.2. The van der Waals surface area contributed by atoms with Crippen LogP contribution in [0.1, 0.15) is 40.3 Å². The molecule has 2 aliphatic rings. The Hall–Kier alpha value is -1.78. The smallest absolute Gasteiger partial charge is 0.475 e. The Labute approximate surface area is 162 Å². The van der Waals surface area contributed by atoms with Crippen molar-refractivity contribution in [2.45, 2.75) is 58.2 Å². The topological polar surface area (TPSA) is 133 Å². The Morgan fingerprint density at radius 2 is 2.25 bits per heavy atom. The van der Waals surface area contributed by atoms with Crippen molar-refractivity contribution in [3.05, 3.63) is 6.33 Å². The predicted octanol–water partition coefficient (Wildman–Crippen LogP) is 2.43. The Balaban J connectivity index is 1.63. The van der Waals surface area contributed by atoms with Gasteiger partial charge < -0.3 is 15.2 Å². The van der Waals surface area contributed by atoms with E-state index in [1.807, 2.05) is 13.8 Å². The van der Waals surface area contributed by atoms with Gasteiger partial charge in [-0.05, 0) is 27.7 Å². The molecule has 0 radical (unpaired) electrons. The zero-order chi connectivity index (χ0) is 20.1. The van der Waals surface area contributed by atoms with E-state index in [4.69, 9.17) is 28.8 Å². The maximum Gasteiger partial charge on any atom is 0.475 e. The SMILES string of the molecule is CCOc1nc(N)nc2c1ncn2[C@H]1C[C@]2(C)OP(=O)(OC(C)C)OC[C@H]2O1. The molecule has 0 bridgehead atoms. The zero-order valence-electron chi connectivity index (χ0n) is 16.2. The molecular weight excluding hydrogens is 389 g/mol. The van der Waals surface area contributed by atoms with Crippen LogP contribution in [0.25, 0.3) is 11.2 Å². The minimum Gasteiger partial charge on any atom is -0.476 e. The highest BCUT2D eigenvalue weighted by Gasteiger charge is 2.56. The van der Waals surface area contributed by atoms with Crippen molar-refractivity contribution in [2.75, 3.05) is 18.9 Å². The third-order valence-corrected chi connectivity index (χ3v) is 6.41. The molecule has 1 unspecified atom stereocenters. The molecule has 0 aromatic carbocycles. The summed E-state index contributed by atoms with van der Waals surface area (Å²) in [6.07, 6.45) is 0.832. The highest BCUT2D eigenvalue weighted by molar-refractivity contribution is 7.48. The molecule has 4 heterocycles. The van der Waals surface area contributed by atoms with Crippen LogP contribution in [0.15, 0.2) is 6.33 Å². The van der Waals surface area contributed by atoms with Crippen LogP contribution in [0.5, 0.6) is 5.88 Å². The number of hydrogen-bond acceptors (Lipinski definition) is 10. The molecule has 2 aromatic rings. The minimum absolute atomic E-state index is 0.0775. The van der Waals surface area contributed by atoms with Gasteiger partial charge in [-0.15, -0.1) is 0 Å². The molecule has 0 saturated carbocycles. The number of nitrogen functional groups attached to an aromatic ring is 1. The van der Waals surface area contributed by atoms with E-state index in [2.05, 4.69) is 15.0 Å². The highest BCUT2D eigenvalue weighted by atomic mass is 31.2. The molecule has 154 valence electrons. The lowest BCUT2D eigenvalue weighted by Gasteiger charge is -2.37. The number of nitrogens with two attached hydrogens (primary N) is 1. The molecule has 0 spiro atoms. The quantitative estimate of drug-likeness (QED) is 0.729. The second-order valence-electron chi connectivity index (χ2n) is 7.23. The molecule has 2 aliphatic heterocycles. The van der Waals surface area contributed by atoms with Crippen LogP contribution in [0.2, 0.25) is 0 Å².